The van der Waals surface area contributed by atoms with Gasteiger partial charge in [0, 0.05) is 17.2 Å². The third kappa shape index (κ3) is 2.56. The minimum atomic E-state index is -0.251. The molecule has 2 rings (SSSR count). The Morgan fingerprint density at radius 3 is 2.80 bits per heavy atom. The van der Waals surface area contributed by atoms with Crippen LogP contribution < -0.4 is 11.1 Å². The van der Waals surface area contributed by atoms with Crippen molar-refractivity contribution in [2.24, 2.45) is 7.05 Å². The average Bonchev–Trinajstić information content (AvgIpc) is 2.69. The van der Waals surface area contributed by atoms with Gasteiger partial charge in [-0.15, -0.1) is 0 Å². The molecular weight excluding hydrogens is 320 g/mol. The van der Waals surface area contributed by atoms with Crippen LogP contribution in [-0.2, 0) is 13.5 Å². The van der Waals surface area contributed by atoms with E-state index in [9.17, 15) is 4.79 Å². The van der Waals surface area contributed by atoms with E-state index < -0.39 is 0 Å². The number of halogens is 1. The molecule has 0 radical (unpaired) electrons. The summed E-state index contributed by atoms with van der Waals surface area (Å²) in [6.45, 7) is 3.89. The minimum absolute atomic E-state index is 0.251. The van der Waals surface area contributed by atoms with Crippen molar-refractivity contribution < 1.29 is 4.79 Å². The van der Waals surface area contributed by atoms with Crippen LogP contribution in [0.2, 0.25) is 0 Å². The Morgan fingerprint density at radius 2 is 2.20 bits per heavy atom. The van der Waals surface area contributed by atoms with Crippen molar-refractivity contribution >= 4 is 33.2 Å². The number of carbonyl (C=O) groups excluding carboxylic acids is 1. The number of nitrogens with two attached hydrogens (primary N) is 1. The number of benzene rings is 1. The molecule has 0 spiro atoms. The van der Waals surface area contributed by atoms with Crippen LogP contribution in [0.25, 0.3) is 0 Å². The van der Waals surface area contributed by atoms with Crippen molar-refractivity contribution in [3.05, 3.63) is 39.6 Å². The lowest BCUT2D eigenvalue weighted by atomic mass is 10.2. The molecule has 5 nitrogen and oxygen atoms in total. The van der Waals surface area contributed by atoms with Gasteiger partial charge in [-0.1, -0.05) is 28.9 Å². The van der Waals surface area contributed by atoms with E-state index in [1.165, 1.54) is 4.68 Å². The van der Waals surface area contributed by atoms with Crippen LogP contribution >= 0.6 is 15.9 Å². The van der Waals surface area contributed by atoms with Gasteiger partial charge in [-0.2, -0.15) is 5.10 Å². The lowest BCUT2D eigenvalue weighted by Crippen LogP contribution is -2.18. The van der Waals surface area contributed by atoms with Crippen molar-refractivity contribution in [1.29, 1.82) is 0 Å². The number of nitrogens with one attached hydrogen (secondary N) is 1. The van der Waals surface area contributed by atoms with Crippen LogP contribution in [0.5, 0.6) is 0 Å². The molecular formula is C14H17BrN4O. The molecule has 0 unspecified atom stereocenters. The fourth-order valence-corrected chi connectivity index (χ4v) is 2.42. The highest BCUT2D eigenvalue weighted by molar-refractivity contribution is 9.10. The molecule has 6 heteroatoms. The molecule has 1 amide bonds. The summed E-state index contributed by atoms with van der Waals surface area (Å²) in [5.41, 5.74) is 9.28. The highest BCUT2D eigenvalue weighted by Gasteiger charge is 2.19. The van der Waals surface area contributed by atoms with Crippen LogP contribution in [-0.4, -0.2) is 15.7 Å². The summed E-state index contributed by atoms with van der Waals surface area (Å²) in [5, 5.41) is 7.13. The molecule has 1 aromatic carbocycles. The topological polar surface area (TPSA) is 72.9 Å². The van der Waals surface area contributed by atoms with E-state index >= 15 is 0 Å². The maximum Gasteiger partial charge on any atom is 0.276 e. The van der Waals surface area contributed by atoms with Crippen molar-refractivity contribution in [2.45, 2.75) is 20.3 Å². The third-order valence-corrected chi connectivity index (χ3v) is 4.09. The molecule has 1 aromatic heterocycles. The van der Waals surface area contributed by atoms with E-state index in [1.807, 2.05) is 32.0 Å². The number of amides is 1. The van der Waals surface area contributed by atoms with Gasteiger partial charge in [-0.3, -0.25) is 9.48 Å². The number of rotatable bonds is 3. The van der Waals surface area contributed by atoms with Gasteiger partial charge in [0.1, 0.15) is 5.69 Å². The Bertz CT molecular complexity index is 663. The molecule has 20 heavy (non-hydrogen) atoms. The monoisotopic (exact) mass is 336 g/mol. The minimum Gasteiger partial charge on any atom is -0.395 e. The van der Waals surface area contributed by atoms with Crippen molar-refractivity contribution in [3.63, 3.8) is 0 Å². The molecule has 0 saturated carbocycles. The molecule has 0 aliphatic rings. The molecule has 2 aromatic rings. The summed E-state index contributed by atoms with van der Waals surface area (Å²) >= 11 is 3.44. The van der Waals surface area contributed by atoms with Crippen LogP contribution in [0.3, 0.4) is 0 Å². The Morgan fingerprint density at radius 1 is 1.50 bits per heavy atom. The maximum atomic E-state index is 12.4. The second-order valence-corrected chi connectivity index (χ2v) is 5.41. The normalized spacial score (nSPS) is 10.6. The molecule has 0 saturated heterocycles. The van der Waals surface area contributed by atoms with E-state index in [0.717, 1.165) is 21.4 Å². The summed E-state index contributed by atoms with van der Waals surface area (Å²) in [6, 6.07) is 5.65. The molecule has 1 heterocycles. The Kier molecular flexibility index (Phi) is 4.13. The quantitative estimate of drug-likeness (QED) is 0.905. The number of anilines is 2. The first kappa shape index (κ1) is 14.6. The first-order valence-electron chi connectivity index (χ1n) is 6.33. The van der Waals surface area contributed by atoms with Gasteiger partial charge in [0.2, 0.25) is 0 Å². The number of nitrogen functional groups attached to an aromatic ring is 1. The second kappa shape index (κ2) is 5.66. The SMILES string of the molecule is CCc1nn(C)c(C(=O)Nc2cccc(Br)c2C)c1N. The third-order valence-electron chi connectivity index (χ3n) is 3.23. The number of aryl methyl sites for hydroxylation is 2. The van der Waals surface area contributed by atoms with Gasteiger partial charge >= 0.3 is 0 Å². The second-order valence-electron chi connectivity index (χ2n) is 4.55. The van der Waals surface area contributed by atoms with Crippen LogP contribution in [0.1, 0.15) is 28.7 Å². The first-order chi connectivity index (χ1) is 9.45. The number of hydrogen-bond acceptors (Lipinski definition) is 3. The molecule has 0 aliphatic heterocycles. The van der Waals surface area contributed by atoms with Crippen LogP contribution in [0, 0.1) is 6.92 Å². The van der Waals surface area contributed by atoms with Gasteiger partial charge < -0.3 is 11.1 Å². The molecule has 0 bridgehead atoms. The van der Waals surface area contributed by atoms with Crippen molar-refractivity contribution in [1.82, 2.24) is 9.78 Å². The number of carbonyl (C=O) groups is 1. The molecule has 3 N–H and O–H groups in total. The van der Waals surface area contributed by atoms with E-state index in [4.69, 9.17) is 5.73 Å². The van der Waals surface area contributed by atoms with Gasteiger partial charge in [-0.05, 0) is 31.0 Å². The predicted octanol–water partition coefficient (Wildman–Crippen LogP) is 2.89. The lowest BCUT2D eigenvalue weighted by molar-refractivity contribution is 0.101. The smallest absolute Gasteiger partial charge is 0.276 e. The summed E-state index contributed by atoms with van der Waals surface area (Å²) in [4.78, 5) is 12.4. The Balaban J connectivity index is 2.33. The van der Waals surface area contributed by atoms with Gasteiger partial charge in [-0.25, -0.2) is 0 Å². The highest BCUT2D eigenvalue weighted by Crippen LogP contribution is 2.25. The van der Waals surface area contributed by atoms with Gasteiger partial charge in [0.25, 0.3) is 5.91 Å². The van der Waals surface area contributed by atoms with E-state index in [2.05, 4.69) is 26.3 Å². The summed E-state index contributed by atoms with van der Waals surface area (Å²) in [6.07, 6.45) is 0.697. The molecule has 0 aliphatic carbocycles. The fraction of sp³-hybridized carbons (Fsp3) is 0.286. The standard InChI is InChI=1S/C14H17BrN4O/c1-4-10-12(16)13(19(3)18-10)14(20)17-11-7-5-6-9(15)8(11)2/h5-7H,4,16H2,1-3H3,(H,17,20). The predicted molar refractivity (Wildman–Crippen MR) is 83.8 cm³/mol. The molecule has 0 fully saturated rings. The van der Waals surface area contributed by atoms with E-state index in [-0.39, 0.29) is 5.91 Å². The summed E-state index contributed by atoms with van der Waals surface area (Å²) < 4.78 is 2.47. The zero-order valence-electron chi connectivity index (χ0n) is 11.7. The molecule has 0 atom stereocenters. The van der Waals surface area contributed by atoms with Crippen molar-refractivity contribution in [3.8, 4) is 0 Å². The number of nitrogens with zero attached hydrogens (tertiary/aromatic N) is 2. The Labute approximate surface area is 126 Å². The molecule has 106 valence electrons. The van der Waals surface area contributed by atoms with Crippen LogP contribution in [0.4, 0.5) is 11.4 Å². The van der Waals surface area contributed by atoms with E-state index in [0.29, 0.717) is 17.8 Å². The summed E-state index contributed by atoms with van der Waals surface area (Å²) in [7, 11) is 1.72. The maximum absolute atomic E-state index is 12.4. The first-order valence-corrected chi connectivity index (χ1v) is 7.12. The van der Waals surface area contributed by atoms with Gasteiger partial charge in [0.05, 0.1) is 11.4 Å². The zero-order valence-corrected chi connectivity index (χ0v) is 13.3. The highest BCUT2D eigenvalue weighted by atomic mass is 79.9. The average molecular weight is 337 g/mol. The summed E-state index contributed by atoms with van der Waals surface area (Å²) in [5.74, 6) is -0.251. The largest absolute Gasteiger partial charge is 0.395 e. The van der Waals surface area contributed by atoms with Crippen molar-refractivity contribution in [2.75, 3.05) is 11.1 Å². The Hall–Kier alpha value is -1.82. The van der Waals surface area contributed by atoms with E-state index in [1.54, 1.807) is 7.05 Å². The number of aromatic nitrogens is 2. The lowest BCUT2D eigenvalue weighted by Gasteiger charge is -2.10. The fourth-order valence-electron chi connectivity index (χ4n) is 2.05. The zero-order chi connectivity index (χ0) is 14.9. The van der Waals surface area contributed by atoms with Crippen LogP contribution in [0.15, 0.2) is 22.7 Å². The van der Waals surface area contributed by atoms with Gasteiger partial charge in [0.15, 0.2) is 0 Å². The number of hydrogen-bond donors (Lipinski definition) is 2.